The Labute approximate surface area is 565 Å². The number of anilines is 5. The highest BCUT2D eigenvalue weighted by atomic mass is 15.2. The van der Waals surface area contributed by atoms with E-state index in [4.69, 9.17) is 0 Å². The summed E-state index contributed by atoms with van der Waals surface area (Å²) in [4.78, 5) is 2.56. The average molecular weight is 1230 g/mol. The summed E-state index contributed by atoms with van der Waals surface area (Å²) in [6, 6.07) is 140. The molecule has 0 atom stereocenters. The van der Waals surface area contributed by atoms with Crippen LogP contribution in [0.3, 0.4) is 0 Å². The summed E-state index contributed by atoms with van der Waals surface area (Å²) >= 11 is 0. The number of para-hydroxylation sites is 5. The lowest BCUT2D eigenvalue weighted by molar-refractivity contribution is 0.731. The molecule has 0 saturated carbocycles. The van der Waals surface area contributed by atoms with E-state index < -0.39 is 16.2 Å². The monoisotopic (exact) mass is 1230 g/mol. The molecular formula is C95H62N2. The van der Waals surface area contributed by atoms with Crippen molar-refractivity contribution in [3.8, 4) is 55.6 Å². The molecule has 20 rings (SSSR count). The summed E-state index contributed by atoms with van der Waals surface area (Å²) < 4.78 is 0. The fraction of sp³-hybridized carbons (Fsp3) is 0.0316. The van der Waals surface area contributed by atoms with E-state index in [0.717, 1.165) is 50.7 Å². The van der Waals surface area contributed by atoms with Gasteiger partial charge in [0.1, 0.15) is 0 Å². The van der Waals surface area contributed by atoms with Crippen LogP contribution in [0.1, 0.15) is 66.8 Å². The third-order valence-electron chi connectivity index (χ3n) is 22.0. The van der Waals surface area contributed by atoms with Gasteiger partial charge in [-0.05, 0) is 163 Å². The van der Waals surface area contributed by atoms with Crippen molar-refractivity contribution in [3.05, 3.63) is 437 Å². The molecule has 0 radical (unpaired) electrons. The lowest BCUT2D eigenvalue weighted by Crippen LogP contribution is -2.38. The minimum absolute atomic E-state index is 0.617. The quantitative estimate of drug-likeness (QED) is 0.153. The number of nitrogens with zero attached hydrogens (tertiary/aromatic N) is 1. The highest BCUT2D eigenvalue weighted by Gasteiger charge is 2.54. The average Bonchev–Trinajstić information content (AvgIpc) is 1.59. The Morgan fingerprint density at radius 1 is 0.227 bits per heavy atom. The molecule has 2 heterocycles. The molecule has 16 aromatic rings. The molecule has 4 aliphatic rings. The van der Waals surface area contributed by atoms with Gasteiger partial charge in [-0.2, -0.15) is 0 Å². The van der Waals surface area contributed by atoms with Crippen LogP contribution in [0.2, 0.25) is 0 Å². The third-order valence-corrected chi connectivity index (χ3v) is 22.0. The molecule has 16 aromatic carbocycles. The summed E-state index contributed by atoms with van der Waals surface area (Å²) in [5, 5.41) is 8.89. The van der Waals surface area contributed by atoms with Gasteiger partial charge in [-0.25, -0.2) is 0 Å². The van der Waals surface area contributed by atoms with E-state index in [1.807, 2.05) is 0 Å². The van der Waals surface area contributed by atoms with E-state index in [-0.39, 0.29) is 0 Å². The van der Waals surface area contributed by atoms with Gasteiger partial charge in [-0.3, -0.25) is 0 Å². The molecule has 2 aliphatic heterocycles. The normalized spacial score (nSPS) is 14.3. The molecule has 2 heteroatoms. The van der Waals surface area contributed by atoms with E-state index in [1.54, 1.807) is 0 Å². The van der Waals surface area contributed by atoms with Gasteiger partial charge in [0.25, 0.3) is 0 Å². The first-order chi connectivity index (χ1) is 48.2. The molecule has 0 unspecified atom stereocenters. The summed E-state index contributed by atoms with van der Waals surface area (Å²) in [6.07, 6.45) is 0. The second-order valence-electron chi connectivity index (χ2n) is 26.4. The first-order valence-corrected chi connectivity index (χ1v) is 33.9. The molecule has 452 valence electrons. The zero-order valence-corrected chi connectivity index (χ0v) is 53.2. The van der Waals surface area contributed by atoms with Crippen LogP contribution in [-0.2, 0) is 16.2 Å². The number of rotatable bonds is 8. The summed E-state index contributed by atoms with van der Waals surface area (Å²) in [5.41, 5.74) is 30.7. The van der Waals surface area contributed by atoms with Crippen molar-refractivity contribution < 1.29 is 0 Å². The fourth-order valence-corrected chi connectivity index (χ4v) is 18.4. The number of nitrogens with one attached hydrogen (secondary N) is 1. The van der Waals surface area contributed by atoms with Crippen LogP contribution in [0, 0.1) is 0 Å². The molecule has 0 aromatic heterocycles. The number of hydrogen-bond acceptors (Lipinski definition) is 2. The highest BCUT2D eigenvalue weighted by Crippen LogP contribution is 2.67. The molecule has 97 heavy (non-hydrogen) atoms. The summed E-state index contributed by atoms with van der Waals surface area (Å²) in [6.45, 7) is 0. The first kappa shape index (κ1) is 55.1. The zero-order chi connectivity index (χ0) is 63.8. The Morgan fingerprint density at radius 2 is 0.598 bits per heavy atom. The lowest BCUT2D eigenvalue weighted by Gasteiger charge is -2.47. The van der Waals surface area contributed by atoms with Gasteiger partial charge in [0.15, 0.2) is 0 Å². The maximum atomic E-state index is 4.17. The van der Waals surface area contributed by atoms with Crippen LogP contribution in [0.25, 0.3) is 77.2 Å². The van der Waals surface area contributed by atoms with Crippen molar-refractivity contribution in [1.29, 1.82) is 0 Å². The topological polar surface area (TPSA) is 15.3 Å². The molecule has 2 aliphatic carbocycles. The predicted molar refractivity (Wildman–Crippen MR) is 402 cm³/mol. The molecule has 1 spiro atoms. The van der Waals surface area contributed by atoms with E-state index in [0.29, 0.717) is 0 Å². The molecule has 2 nitrogen and oxygen atoms in total. The van der Waals surface area contributed by atoms with Crippen LogP contribution in [0.4, 0.5) is 28.4 Å². The van der Waals surface area contributed by atoms with Crippen molar-refractivity contribution >= 4 is 50.0 Å². The van der Waals surface area contributed by atoms with Gasteiger partial charge < -0.3 is 10.2 Å². The molecule has 0 saturated heterocycles. The Balaban J connectivity index is 0.939. The minimum atomic E-state index is -0.708. The van der Waals surface area contributed by atoms with E-state index in [2.05, 4.69) is 380 Å². The minimum Gasteiger partial charge on any atom is -0.354 e. The van der Waals surface area contributed by atoms with Crippen molar-refractivity contribution in [1.82, 2.24) is 0 Å². The second-order valence-corrected chi connectivity index (χ2v) is 26.4. The Morgan fingerprint density at radius 3 is 1.16 bits per heavy atom. The van der Waals surface area contributed by atoms with Crippen LogP contribution >= 0.6 is 0 Å². The van der Waals surface area contributed by atoms with Crippen molar-refractivity contribution in [2.45, 2.75) is 16.2 Å². The molecule has 0 bridgehead atoms. The van der Waals surface area contributed by atoms with Gasteiger partial charge in [0.2, 0.25) is 0 Å². The molecule has 1 N–H and O–H groups in total. The predicted octanol–water partition coefficient (Wildman–Crippen LogP) is 23.9. The van der Waals surface area contributed by atoms with Gasteiger partial charge in [0, 0.05) is 22.5 Å². The van der Waals surface area contributed by atoms with Crippen molar-refractivity contribution in [2.75, 3.05) is 10.2 Å². The Kier molecular flexibility index (Phi) is 12.1. The number of hydrogen-bond donors (Lipinski definition) is 1. The van der Waals surface area contributed by atoms with E-state index in [1.165, 1.54) is 122 Å². The maximum Gasteiger partial charge on any atom is 0.0742 e. The van der Waals surface area contributed by atoms with Crippen LogP contribution in [0.5, 0.6) is 0 Å². The first-order valence-electron chi connectivity index (χ1n) is 33.9. The number of benzene rings is 16. The van der Waals surface area contributed by atoms with Gasteiger partial charge in [-0.1, -0.05) is 340 Å². The Bertz CT molecular complexity index is 5710. The van der Waals surface area contributed by atoms with Gasteiger partial charge in [0.05, 0.1) is 33.3 Å². The van der Waals surface area contributed by atoms with E-state index in [9.17, 15) is 0 Å². The zero-order valence-electron chi connectivity index (χ0n) is 53.2. The smallest absolute Gasteiger partial charge is 0.0742 e. The van der Waals surface area contributed by atoms with Crippen LogP contribution in [-0.4, -0.2) is 0 Å². The van der Waals surface area contributed by atoms with Crippen molar-refractivity contribution in [3.63, 3.8) is 0 Å². The second kappa shape index (κ2) is 21.3. The van der Waals surface area contributed by atoms with Crippen LogP contribution in [0.15, 0.2) is 370 Å². The summed E-state index contributed by atoms with van der Waals surface area (Å²) in [5.74, 6) is 0. The number of fused-ring (bicyclic) bond motifs is 16. The van der Waals surface area contributed by atoms with Crippen LogP contribution < -0.4 is 10.2 Å². The van der Waals surface area contributed by atoms with E-state index >= 15 is 0 Å². The van der Waals surface area contributed by atoms with Crippen molar-refractivity contribution in [2.24, 2.45) is 0 Å². The largest absolute Gasteiger partial charge is 0.354 e. The SMILES string of the molecule is c1ccc(N2c3ccccc3C(c3ccccc3)(c3ccccc3)c3cccc(-c4cccc5c(-c6cccc7c6C6(c8ccccc8-c8ccccc86)c6ccccc6-7)c6cccc(-c7cccc8c7Nc7ccccc7C8(c7ccccc7)c7ccccc7)c6cc45)c32)cc1. The van der Waals surface area contributed by atoms with Gasteiger partial charge >= 0.3 is 0 Å². The molecular weight excluding hydrogens is 1170 g/mol. The summed E-state index contributed by atoms with van der Waals surface area (Å²) in [7, 11) is 0. The lowest BCUT2D eigenvalue weighted by atomic mass is 9.62. The molecule has 0 amide bonds. The maximum absolute atomic E-state index is 4.17. The third kappa shape index (κ3) is 7.50. The fourth-order valence-electron chi connectivity index (χ4n) is 18.4. The highest BCUT2D eigenvalue weighted by molar-refractivity contribution is 6.21. The molecule has 0 fully saturated rings. The standard InChI is InChI=1S/C95H62N2/c1-6-31-62(32-7-1)93(63-33-8-2-9-34-63)83-55-22-24-59-87(83)96-91-75(49-29-57-85(91)93)67-44-26-46-72-78(67)61-79-68(45-27-47-73(79)89(72)77-51-28-48-74-71-43-18-21-54-82(71)95(90(74)77)80-52-19-16-41-69(80)70-42-17-20-53-81(70)95)76-50-30-58-86-92(76)97(66-39-14-5-15-40-66)88-60-25-23-56-84(88)94(86,64-35-10-3-11-36-64)65-37-12-4-13-38-65/h1-61,96H. The van der Waals surface area contributed by atoms with Gasteiger partial charge in [-0.15, -0.1) is 0 Å². The Hall–Kier alpha value is -12.4.